The zero-order valence-electron chi connectivity index (χ0n) is 7.56. The van der Waals surface area contributed by atoms with Crippen molar-refractivity contribution in [3.63, 3.8) is 0 Å². The summed E-state index contributed by atoms with van der Waals surface area (Å²) in [6.45, 7) is 0. The molecule has 0 radical (unpaired) electrons. The van der Waals surface area contributed by atoms with Crippen molar-refractivity contribution in [2.75, 3.05) is 5.75 Å². The van der Waals surface area contributed by atoms with Crippen LogP contribution in [0.15, 0.2) is 0 Å². The molecule has 0 bridgehead atoms. The largest absolute Gasteiger partial charge is 1.00 e. The summed E-state index contributed by atoms with van der Waals surface area (Å²) in [5.74, 6) is -3.01. The summed E-state index contributed by atoms with van der Waals surface area (Å²) in [7, 11) is -5.89. The molecule has 1 N–H and O–H groups in total. The normalized spacial score (nSPS) is 14.5. The van der Waals surface area contributed by atoms with Gasteiger partial charge in [-0.1, -0.05) is 0 Å². The molecule has 0 aromatic heterocycles. The third-order valence-electron chi connectivity index (χ3n) is 1.32. The average molecular weight is 284 g/mol. The molecule has 0 heterocycles. The first-order chi connectivity index (χ1) is 6.21. The van der Waals surface area contributed by atoms with Crippen molar-refractivity contribution in [3.05, 3.63) is 0 Å². The standard InChI is InChI=1S/C4H4F6O4S.Na/c5-3(6,7)2(11,4(8,9)10)1-15(12,13)14;/h11H,1H2,(H,12,13,14);/q;+1/p-1. The number of hydrogen-bond acceptors (Lipinski definition) is 4. The quantitative estimate of drug-likeness (QED) is 0.342. The van der Waals surface area contributed by atoms with E-state index in [1.165, 1.54) is 0 Å². The van der Waals surface area contributed by atoms with Crippen molar-refractivity contribution in [1.29, 1.82) is 0 Å². The van der Waals surface area contributed by atoms with Crippen LogP contribution in [0.5, 0.6) is 0 Å². The van der Waals surface area contributed by atoms with E-state index in [4.69, 9.17) is 5.11 Å². The first-order valence-electron chi connectivity index (χ1n) is 3.00. The first kappa shape index (κ1) is 18.8. The molecule has 4 nitrogen and oxygen atoms in total. The molecule has 0 saturated heterocycles. The third-order valence-corrected chi connectivity index (χ3v) is 2.09. The van der Waals surface area contributed by atoms with Crippen molar-refractivity contribution >= 4 is 10.1 Å². The van der Waals surface area contributed by atoms with Crippen LogP contribution in [0.2, 0.25) is 0 Å². The molecule has 0 fully saturated rings. The Balaban J connectivity index is 0. The summed E-state index contributed by atoms with van der Waals surface area (Å²) in [5.41, 5.74) is -5.54. The molecule has 0 aliphatic heterocycles. The van der Waals surface area contributed by atoms with Crippen LogP contribution in [-0.2, 0) is 10.1 Å². The summed E-state index contributed by atoms with van der Waals surface area (Å²) in [6.07, 6.45) is -12.6. The predicted molar refractivity (Wildman–Crippen MR) is 31.6 cm³/mol. The molecule has 0 rings (SSSR count). The van der Waals surface area contributed by atoms with Crippen LogP contribution in [-0.4, -0.2) is 41.8 Å². The smallest absolute Gasteiger partial charge is 0.748 e. The van der Waals surface area contributed by atoms with Gasteiger partial charge in [-0.3, -0.25) is 0 Å². The molecule has 0 amide bonds. The zero-order valence-corrected chi connectivity index (χ0v) is 10.4. The first-order valence-corrected chi connectivity index (χ1v) is 4.58. The maximum Gasteiger partial charge on any atom is 1.00 e. The van der Waals surface area contributed by atoms with Crippen molar-refractivity contribution in [2.24, 2.45) is 0 Å². The Hall–Kier alpha value is 0.450. The molecule has 92 valence electrons. The molecule has 0 aromatic rings. The van der Waals surface area contributed by atoms with Crippen LogP contribution in [0, 0.1) is 0 Å². The van der Waals surface area contributed by atoms with Gasteiger partial charge in [-0.25, -0.2) is 8.42 Å². The minimum Gasteiger partial charge on any atom is -0.748 e. The Morgan fingerprint density at radius 1 is 1.00 bits per heavy atom. The monoisotopic (exact) mass is 284 g/mol. The topological polar surface area (TPSA) is 77.4 Å². The van der Waals surface area contributed by atoms with Crippen LogP contribution in [0.3, 0.4) is 0 Å². The van der Waals surface area contributed by atoms with Gasteiger partial charge < -0.3 is 9.66 Å². The van der Waals surface area contributed by atoms with Crippen molar-refractivity contribution < 1.29 is 74.0 Å². The Morgan fingerprint density at radius 3 is 1.31 bits per heavy atom. The second kappa shape index (κ2) is 4.98. The Bertz CT molecular complexity index is 317. The van der Waals surface area contributed by atoms with Gasteiger partial charge in [0.1, 0.15) is 0 Å². The molecule has 12 heteroatoms. The van der Waals surface area contributed by atoms with E-state index < -0.39 is 33.8 Å². The summed E-state index contributed by atoms with van der Waals surface area (Å²) in [4.78, 5) is 0. The van der Waals surface area contributed by atoms with Gasteiger partial charge >= 0.3 is 41.9 Å². The summed E-state index contributed by atoms with van der Waals surface area (Å²) >= 11 is 0. The Labute approximate surface area is 108 Å². The van der Waals surface area contributed by atoms with Crippen LogP contribution >= 0.6 is 0 Å². The second-order valence-electron chi connectivity index (χ2n) is 2.56. The van der Waals surface area contributed by atoms with E-state index in [-0.39, 0.29) is 29.6 Å². The Kier molecular flexibility index (Phi) is 5.85. The van der Waals surface area contributed by atoms with Gasteiger partial charge in [0.25, 0.3) is 5.60 Å². The fraction of sp³-hybridized carbons (Fsp3) is 1.00. The van der Waals surface area contributed by atoms with E-state index in [2.05, 4.69) is 0 Å². The fourth-order valence-corrected chi connectivity index (χ4v) is 1.42. The Morgan fingerprint density at radius 2 is 1.25 bits per heavy atom. The molecule has 0 aliphatic rings. The van der Waals surface area contributed by atoms with Crippen LogP contribution in [0.4, 0.5) is 26.3 Å². The fourth-order valence-electron chi connectivity index (χ4n) is 0.580. The van der Waals surface area contributed by atoms with Crippen LogP contribution in [0.1, 0.15) is 0 Å². The van der Waals surface area contributed by atoms with Gasteiger partial charge in [-0.05, 0) is 0 Å². The van der Waals surface area contributed by atoms with Crippen LogP contribution < -0.4 is 29.6 Å². The van der Waals surface area contributed by atoms with Crippen LogP contribution in [0.25, 0.3) is 0 Å². The van der Waals surface area contributed by atoms with E-state index in [0.29, 0.717) is 0 Å². The van der Waals surface area contributed by atoms with E-state index in [0.717, 1.165) is 0 Å². The van der Waals surface area contributed by atoms with Gasteiger partial charge in [0.2, 0.25) is 0 Å². The number of alkyl halides is 6. The molecule has 0 spiro atoms. The minimum absolute atomic E-state index is 0. The van der Waals surface area contributed by atoms with Gasteiger partial charge in [0, 0.05) is 0 Å². The predicted octanol–water partition coefficient (Wildman–Crippen LogP) is -2.61. The van der Waals surface area contributed by atoms with E-state index >= 15 is 0 Å². The molecule has 0 aromatic carbocycles. The SMILES string of the molecule is O=S(=O)([O-])CC(O)(C(F)(F)F)C(F)(F)F.[Na+]. The summed E-state index contributed by atoms with van der Waals surface area (Å²) < 4.78 is 100. The van der Waals surface area contributed by atoms with E-state index in [9.17, 15) is 39.3 Å². The number of aliphatic hydroxyl groups is 1. The van der Waals surface area contributed by atoms with E-state index in [1.807, 2.05) is 0 Å². The van der Waals surface area contributed by atoms with Gasteiger partial charge in [-0.2, -0.15) is 26.3 Å². The molecule has 16 heavy (non-hydrogen) atoms. The maximum absolute atomic E-state index is 11.8. The minimum atomic E-state index is -6.30. The molecule has 0 atom stereocenters. The zero-order chi connectivity index (χ0) is 12.7. The third kappa shape index (κ3) is 4.37. The average Bonchev–Trinajstić information content (AvgIpc) is 1.77. The van der Waals surface area contributed by atoms with Gasteiger partial charge in [-0.15, -0.1) is 0 Å². The number of halogens is 6. The second-order valence-corrected chi connectivity index (χ2v) is 3.96. The van der Waals surface area contributed by atoms with Crippen molar-refractivity contribution in [3.8, 4) is 0 Å². The summed E-state index contributed by atoms with van der Waals surface area (Å²) in [6, 6.07) is 0. The van der Waals surface area contributed by atoms with Crippen molar-refractivity contribution in [2.45, 2.75) is 18.0 Å². The number of rotatable bonds is 2. The molecular weight excluding hydrogens is 281 g/mol. The molecular formula is C4H3F6NaO4S. The van der Waals surface area contributed by atoms with E-state index in [1.54, 1.807) is 0 Å². The summed E-state index contributed by atoms with van der Waals surface area (Å²) in [5, 5.41) is 8.19. The molecule has 0 unspecified atom stereocenters. The molecule has 0 aliphatic carbocycles. The van der Waals surface area contributed by atoms with Crippen molar-refractivity contribution in [1.82, 2.24) is 0 Å². The van der Waals surface area contributed by atoms with Gasteiger partial charge in [0.05, 0.1) is 15.9 Å². The maximum atomic E-state index is 11.8. The molecule has 0 saturated carbocycles. The number of hydrogen-bond donors (Lipinski definition) is 1. The van der Waals surface area contributed by atoms with Gasteiger partial charge in [0.15, 0.2) is 0 Å².